The topological polar surface area (TPSA) is 61.9 Å². The molecule has 3 aromatic heterocycles. The molecule has 1 unspecified atom stereocenters. The summed E-state index contributed by atoms with van der Waals surface area (Å²) in [4.78, 5) is 28.1. The Balaban J connectivity index is 1.41. The number of benzene rings is 1. The molecule has 32 heavy (non-hydrogen) atoms. The standard InChI is InChI=1S/C27H26N4O/c1-19-23(16-22(17-29-19)24-12-6-14-28-24)27(32)25-11-5-13-26(30-25)31-15-7-10-21(18-31)20-8-3-2-4-9-20/h2-6,8-9,11-14,16-17,21,28H,7,10,15,18H2,1H3. The molecule has 5 heteroatoms. The fraction of sp³-hybridized carbons (Fsp3) is 0.222. The molecule has 0 radical (unpaired) electrons. The Labute approximate surface area is 188 Å². The molecule has 1 aromatic carbocycles. The minimum absolute atomic E-state index is 0.0955. The third-order valence-corrected chi connectivity index (χ3v) is 6.22. The van der Waals surface area contributed by atoms with Gasteiger partial charge in [-0.2, -0.15) is 0 Å². The van der Waals surface area contributed by atoms with E-state index in [1.165, 1.54) is 12.0 Å². The van der Waals surface area contributed by atoms with Crippen LogP contribution in [0, 0.1) is 6.92 Å². The van der Waals surface area contributed by atoms with Gasteiger partial charge in [0.05, 0.1) is 0 Å². The van der Waals surface area contributed by atoms with Gasteiger partial charge in [-0.05, 0) is 55.7 Å². The van der Waals surface area contributed by atoms with Crippen LogP contribution in [0.3, 0.4) is 0 Å². The van der Waals surface area contributed by atoms with Crippen LogP contribution in [-0.4, -0.2) is 33.8 Å². The van der Waals surface area contributed by atoms with Gasteiger partial charge in [-0.15, -0.1) is 0 Å². The maximum Gasteiger partial charge on any atom is 0.213 e. The van der Waals surface area contributed by atoms with Crippen LogP contribution in [-0.2, 0) is 0 Å². The molecule has 1 aliphatic rings. The van der Waals surface area contributed by atoms with E-state index in [0.717, 1.165) is 36.6 Å². The largest absolute Gasteiger partial charge is 0.361 e. The van der Waals surface area contributed by atoms with Gasteiger partial charge in [0, 0.05) is 53.9 Å². The second-order valence-corrected chi connectivity index (χ2v) is 8.35. The highest BCUT2D eigenvalue weighted by molar-refractivity contribution is 6.09. The number of aryl methyl sites for hydroxylation is 1. The van der Waals surface area contributed by atoms with Crippen molar-refractivity contribution in [3.63, 3.8) is 0 Å². The summed E-state index contributed by atoms with van der Waals surface area (Å²) in [7, 11) is 0. The number of anilines is 1. The zero-order chi connectivity index (χ0) is 21.9. The highest BCUT2D eigenvalue weighted by Crippen LogP contribution is 2.29. The summed E-state index contributed by atoms with van der Waals surface area (Å²) in [6.45, 7) is 3.74. The second kappa shape index (κ2) is 8.79. The number of carbonyl (C=O) groups is 1. The van der Waals surface area contributed by atoms with Gasteiger partial charge in [-0.25, -0.2) is 4.98 Å². The van der Waals surface area contributed by atoms with E-state index in [4.69, 9.17) is 4.98 Å². The third-order valence-electron chi connectivity index (χ3n) is 6.22. The number of pyridine rings is 2. The lowest BCUT2D eigenvalue weighted by Crippen LogP contribution is -2.35. The number of ketones is 1. The Morgan fingerprint density at radius 2 is 1.94 bits per heavy atom. The first-order chi connectivity index (χ1) is 15.7. The van der Waals surface area contributed by atoms with Gasteiger partial charge in [0.1, 0.15) is 11.5 Å². The van der Waals surface area contributed by atoms with Crippen LogP contribution in [0.2, 0.25) is 0 Å². The van der Waals surface area contributed by atoms with E-state index in [1.54, 1.807) is 12.3 Å². The summed E-state index contributed by atoms with van der Waals surface area (Å²) < 4.78 is 0. The summed E-state index contributed by atoms with van der Waals surface area (Å²) in [5.74, 6) is 1.25. The maximum atomic E-state index is 13.4. The Hall–Kier alpha value is -3.73. The van der Waals surface area contributed by atoms with Crippen molar-refractivity contribution in [2.45, 2.75) is 25.7 Å². The van der Waals surface area contributed by atoms with Crippen molar-refractivity contribution >= 4 is 11.6 Å². The van der Waals surface area contributed by atoms with Crippen molar-refractivity contribution in [2.24, 2.45) is 0 Å². The molecule has 0 spiro atoms. The van der Waals surface area contributed by atoms with E-state index in [0.29, 0.717) is 22.9 Å². The van der Waals surface area contributed by atoms with Gasteiger partial charge in [0.25, 0.3) is 0 Å². The predicted octanol–water partition coefficient (Wildman–Crippen LogP) is 5.40. The zero-order valence-electron chi connectivity index (χ0n) is 18.2. The van der Waals surface area contributed by atoms with Crippen molar-refractivity contribution in [3.05, 3.63) is 102 Å². The first-order valence-electron chi connectivity index (χ1n) is 11.1. The molecule has 1 aliphatic heterocycles. The molecule has 0 amide bonds. The zero-order valence-corrected chi connectivity index (χ0v) is 18.2. The van der Waals surface area contributed by atoms with Crippen LogP contribution in [0.15, 0.2) is 79.1 Å². The number of hydrogen-bond donors (Lipinski definition) is 1. The molecule has 1 N–H and O–H groups in total. The monoisotopic (exact) mass is 422 g/mol. The molecule has 0 saturated carbocycles. The summed E-state index contributed by atoms with van der Waals surface area (Å²) in [5.41, 5.74) is 4.95. The molecule has 4 aromatic rings. The number of nitrogens with zero attached hydrogens (tertiary/aromatic N) is 3. The lowest BCUT2D eigenvalue weighted by molar-refractivity contribution is 0.103. The summed E-state index contributed by atoms with van der Waals surface area (Å²) in [6, 6.07) is 22.2. The second-order valence-electron chi connectivity index (χ2n) is 8.35. The quantitative estimate of drug-likeness (QED) is 0.438. The molecular formula is C27H26N4O. The lowest BCUT2D eigenvalue weighted by atomic mass is 9.90. The first-order valence-corrected chi connectivity index (χ1v) is 11.1. The van der Waals surface area contributed by atoms with Gasteiger partial charge in [0.2, 0.25) is 5.78 Å². The smallest absolute Gasteiger partial charge is 0.213 e. The third kappa shape index (κ3) is 4.06. The fourth-order valence-corrected chi connectivity index (χ4v) is 4.47. The van der Waals surface area contributed by atoms with Gasteiger partial charge >= 0.3 is 0 Å². The minimum atomic E-state index is -0.0955. The summed E-state index contributed by atoms with van der Waals surface area (Å²) >= 11 is 0. The molecule has 1 saturated heterocycles. The van der Waals surface area contributed by atoms with Gasteiger partial charge in [-0.1, -0.05) is 36.4 Å². The van der Waals surface area contributed by atoms with Crippen molar-refractivity contribution in [1.29, 1.82) is 0 Å². The van der Waals surface area contributed by atoms with Crippen LogP contribution in [0.1, 0.15) is 46.1 Å². The summed E-state index contributed by atoms with van der Waals surface area (Å²) in [5, 5.41) is 0. The Kier molecular flexibility index (Phi) is 5.55. The number of aromatic amines is 1. The number of hydrogen-bond acceptors (Lipinski definition) is 4. The normalized spacial score (nSPS) is 16.2. The van der Waals surface area contributed by atoms with E-state index >= 15 is 0 Å². The lowest BCUT2D eigenvalue weighted by Gasteiger charge is -2.34. The molecule has 5 rings (SSSR count). The van der Waals surface area contributed by atoms with E-state index < -0.39 is 0 Å². The molecule has 5 nitrogen and oxygen atoms in total. The molecule has 0 bridgehead atoms. The number of carbonyl (C=O) groups excluding carboxylic acids is 1. The fourth-order valence-electron chi connectivity index (χ4n) is 4.47. The molecular weight excluding hydrogens is 396 g/mol. The molecule has 160 valence electrons. The van der Waals surface area contributed by atoms with Crippen molar-refractivity contribution in [2.75, 3.05) is 18.0 Å². The molecule has 4 heterocycles. The highest BCUT2D eigenvalue weighted by atomic mass is 16.1. The van der Waals surface area contributed by atoms with E-state index in [1.807, 2.05) is 43.5 Å². The van der Waals surface area contributed by atoms with Crippen molar-refractivity contribution in [3.8, 4) is 11.3 Å². The van der Waals surface area contributed by atoms with E-state index in [9.17, 15) is 4.79 Å². The van der Waals surface area contributed by atoms with Crippen LogP contribution in [0.4, 0.5) is 5.82 Å². The van der Waals surface area contributed by atoms with Gasteiger partial charge < -0.3 is 9.88 Å². The minimum Gasteiger partial charge on any atom is -0.361 e. The SMILES string of the molecule is Cc1ncc(-c2ccc[nH]2)cc1C(=O)c1cccc(N2CCCC(c3ccccc3)C2)n1. The highest BCUT2D eigenvalue weighted by Gasteiger charge is 2.23. The maximum absolute atomic E-state index is 13.4. The summed E-state index contributed by atoms with van der Waals surface area (Å²) in [6.07, 6.45) is 5.94. The molecule has 1 atom stereocenters. The molecule has 1 fully saturated rings. The van der Waals surface area contributed by atoms with Crippen LogP contribution >= 0.6 is 0 Å². The Bertz CT molecular complexity index is 1220. The number of rotatable bonds is 5. The Morgan fingerprint density at radius 1 is 1.06 bits per heavy atom. The average Bonchev–Trinajstić information content (AvgIpc) is 3.40. The van der Waals surface area contributed by atoms with E-state index in [2.05, 4.69) is 45.2 Å². The predicted molar refractivity (Wildman–Crippen MR) is 127 cm³/mol. The first kappa shape index (κ1) is 20.2. The number of nitrogens with one attached hydrogen (secondary N) is 1. The average molecular weight is 423 g/mol. The van der Waals surface area contributed by atoms with Crippen molar-refractivity contribution in [1.82, 2.24) is 15.0 Å². The van der Waals surface area contributed by atoms with Crippen molar-refractivity contribution < 1.29 is 4.79 Å². The van der Waals surface area contributed by atoms with Gasteiger partial charge in [-0.3, -0.25) is 9.78 Å². The van der Waals surface area contributed by atoms with E-state index in [-0.39, 0.29) is 5.78 Å². The van der Waals surface area contributed by atoms with Gasteiger partial charge in [0.15, 0.2) is 0 Å². The van der Waals surface area contributed by atoms with Crippen LogP contribution in [0.5, 0.6) is 0 Å². The number of H-pyrrole nitrogens is 1. The Morgan fingerprint density at radius 3 is 2.75 bits per heavy atom. The van der Waals surface area contributed by atoms with Crippen LogP contribution < -0.4 is 4.90 Å². The van der Waals surface area contributed by atoms with Crippen LogP contribution in [0.25, 0.3) is 11.3 Å². The number of piperidine rings is 1. The number of aromatic nitrogens is 3. The molecule has 0 aliphatic carbocycles.